The molecule has 0 atom stereocenters. The largest absolute Gasteiger partial charge is 0.393 e. The van der Waals surface area contributed by atoms with Gasteiger partial charge in [0.05, 0.1) is 6.10 Å². The number of aliphatic hydroxyl groups excluding tert-OH is 1. The molecule has 0 aromatic carbocycles. The molecule has 5 nitrogen and oxygen atoms in total. The average molecular weight is 236 g/mol. The number of pyridine rings is 1. The molecule has 1 saturated carbocycles. The van der Waals surface area contributed by atoms with Crippen molar-refractivity contribution in [2.45, 2.75) is 37.8 Å². The van der Waals surface area contributed by atoms with Gasteiger partial charge in [-0.15, -0.1) is 0 Å². The molecule has 1 aromatic heterocycles. The fourth-order valence-corrected chi connectivity index (χ4v) is 2.07. The molecule has 1 aliphatic carbocycles. The summed E-state index contributed by atoms with van der Waals surface area (Å²) in [5.41, 5.74) is 0.0941. The van der Waals surface area contributed by atoms with E-state index in [2.05, 4.69) is 10.3 Å². The van der Waals surface area contributed by atoms with Crippen LogP contribution < -0.4 is 10.9 Å². The SMILES string of the molecule is O=C(NC1CCC(O)CC1)c1cc[nH]c(=O)c1. The highest BCUT2D eigenvalue weighted by molar-refractivity contribution is 5.94. The predicted molar refractivity (Wildman–Crippen MR) is 62.8 cm³/mol. The molecule has 1 aliphatic rings. The predicted octanol–water partition coefficient (Wildman–Crippen LogP) is 0.408. The van der Waals surface area contributed by atoms with E-state index in [1.165, 1.54) is 12.3 Å². The van der Waals surface area contributed by atoms with Crippen molar-refractivity contribution in [2.75, 3.05) is 0 Å². The molecule has 0 saturated heterocycles. The smallest absolute Gasteiger partial charge is 0.251 e. The van der Waals surface area contributed by atoms with Gasteiger partial charge in [0.15, 0.2) is 0 Å². The summed E-state index contributed by atoms with van der Waals surface area (Å²) in [4.78, 5) is 25.3. The minimum Gasteiger partial charge on any atom is -0.393 e. The van der Waals surface area contributed by atoms with Gasteiger partial charge >= 0.3 is 0 Å². The molecule has 0 unspecified atom stereocenters. The third-order valence-electron chi connectivity index (χ3n) is 3.07. The van der Waals surface area contributed by atoms with E-state index in [9.17, 15) is 14.7 Å². The lowest BCUT2D eigenvalue weighted by atomic mass is 9.93. The zero-order chi connectivity index (χ0) is 12.3. The number of amides is 1. The molecule has 0 radical (unpaired) electrons. The molecule has 1 amide bonds. The van der Waals surface area contributed by atoms with Gasteiger partial charge in [0.2, 0.25) is 5.56 Å². The summed E-state index contributed by atoms with van der Waals surface area (Å²) in [6.07, 6.45) is 4.25. The normalized spacial score (nSPS) is 24.3. The highest BCUT2D eigenvalue weighted by Gasteiger charge is 2.21. The summed E-state index contributed by atoms with van der Waals surface area (Å²) in [5, 5.41) is 12.2. The van der Waals surface area contributed by atoms with Crippen molar-refractivity contribution < 1.29 is 9.90 Å². The topological polar surface area (TPSA) is 82.2 Å². The second-order valence-electron chi connectivity index (χ2n) is 4.42. The Labute approximate surface area is 98.9 Å². The minimum atomic E-state index is -0.281. The first kappa shape index (κ1) is 11.9. The fraction of sp³-hybridized carbons (Fsp3) is 0.500. The van der Waals surface area contributed by atoms with Crippen LogP contribution in [0.5, 0.6) is 0 Å². The lowest BCUT2D eigenvalue weighted by Gasteiger charge is -2.26. The Morgan fingerprint density at radius 2 is 2.06 bits per heavy atom. The number of carbonyl (C=O) groups is 1. The molecule has 0 aliphatic heterocycles. The third kappa shape index (κ3) is 3.17. The van der Waals surface area contributed by atoms with Gasteiger partial charge in [-0.1, -0.05) is 0 Å². The lowest BCUT2D eigenvalue weighted by Crippen LogP contribution is -2.38. The van der Waals surface area contributed by atoms with E-state index in [0.717, 1.165) is 25.7 Å². The molecule has 92 valence electrons. The van der Waals surface area contributed by atoms with E-state index < -0.39 is 0 Å². The molecule has 1 aromatic rings. The van der Waals surface area contributed by atoms with Crippen molar-refractivity contribution in [3.05, 3.63) is 34.2 Å². The Hall–Kier alpha value is -1.62. The van der Waals surface area contributed by atoms with Crippen molar-refractivity contribution in [1.82, 2.24) is 10.3 Å². The van der Waals surface area contributed by atoms with Gasteiger partial charge in [0, 0.05) is 23.9 Å². The first-order chi connectivity index (χ1) is 8.15. The van der Waals surface area contributed by atoms with Gasteiger partial charge in [0.25, 0.3) is 5.91 Å². The number of H-pyrrole nitrogens is 1. The third-order valence-corrected chi connectivity index (χ3v) is 3.07. The molecule has 3 N–H and O–H groups in total. The molecule has 2 rings (SSSR count). The van der Waals surface area contributed by atoms with Crippen molar-refractivity contribution in [3.8, 4) is 0 Å². The summed E-state index contributed by atoms with van der Waals surface area (Å²) < 4.78 is 0. The van der Waals surface area contributed by atoms with Crippen molar-refractivity contribution in [3.63, 3.8) is 0 Å². The summed E-state index contributed by atoms with van der Waals surface area (Å²) in [7, 11) is 0. The first-order valence-corrected chi connectivity index (χ1v) is 5.83. The first-order valence-electron chi connectivity index (χ1n) is 5.83. The van der Waals surface area contributed by atoms with Crippen molar-refractivity contribution in [2.24, 2.45) is 0 Å². The summed E-state index contributed by atoms with van der Waals surface area (Å²) in [6, 6.07) is 2.96. The maximum Gasteiger partial charge on any atom is 0.251 e. The van der Waals surface area contributed by atoms with Gasteiger partial charge in [0.1, 0.15) is 0 Å². The Morgan fingerprint density at radius 3 is 2.71 bits per heavy atom. The minimum absolute atomic E-state index is 0.102. The average Bonchev–Trinajstić information content (AvgIpc) is 2.32. The van der Waals surface area contributed by atoms with Gasteiger partial charge in [-0.2, -0.15) is 0 Å². The van der Waals surface area contributed by atoms with E-state index in [-0.39, 0.29) is 23.6 Å². The number of nitrogens with one attached hydrogen (secondary N) is 2. The van der Waals surface area contributed by atoms with E-state index in [4.69, 9.17) is 0 Å². The fourth-order valence-electron chi connectivity index (χ4n) is 2.07. The standard InChI is InChI=1S/C12H16N2O3/c15-10-3-1-9(2-4-10)14-12(17)8-5-6-13-11(16)7-8/h5-7,9-10,15H,1-4H2,(H,13,16)(H,14,17). The van der Waals surface area contributed by atoms with E-state index in [1.54, 1.807) is 6.07 Å². The van der Waals surface area contributed by atoms with E-state index in [1.807, 2.05) is 0 Å². The maximum atomic E-state index is 11.8. The van der Waals surface area contributed by atoms with Crippen LogP contribution in [0.3, 0.4) is 0 Å². The zero-order valence-corrected chi connectivity index (χ0v) is 9.48. The zero-order valence-electron chi connectivity index (χ0n) is 9.48. The number of rotatable bonds is 2. The van der Waals surface area contributed by atoms with Gasteiger partial charge in [-0.3, -0.25) is 9.59 Å². The molecular weight excluding hydrogens is 220 g/mol. The highest BCUT2D eigenvalue weighted by Crippen LogP contribution is 2.18. The second-order valence-corrected chi connectivity index (χ2v) is 4.42. The van der Waals surface area contributed by atoms with E-state index in [0.29, 0.717) is 5.56 Å². The van der Waals surface area contributed by atoms with Crippen LogP contribution in [-0.4, -0.2) is 28.1 Å². The Kier molecular flexibility index (Phi) is 3.58. The molecule has 0 bridgehead atoms. The maximum absolute atomic E-state index is 11.8. The van der Waals surface area contributed by atoms with Gasteiger partial charge in [-0.25, -0.2) is 0 Å². The van der Waals surface area contributed by atoms with Crippen LogP contribution in [0.4, 0.5) is 0 Å². The number of hydrogen-bond donors (Lipinski definition) is 3. The highest BCUT2D eigenvalue weighted by atomic mass is 16.3. The van der Waals surface area contributed by atoms with Crippen molar-refractivity contribution in [1.29, 1.82) is 0 Å². The van der Waals surface area contributed by atoms with Crippen LogP contribution in [0.15, 0.2) is 23.1 Å². The molecular formula is C12H16N2O3. The van der Waals surface area contributed by atoms with E-state index >= 15 is 0 Å². The number of hydrogen-bond acceptors (Lipinski definition) is 3. The quantitative estimate of drug-likeness (QED) is 0.695. The van der Waals surface area contributed by atoms with Crippen LogP contribution in [0.2, 0.25) is 0 Å². The van der Waals surface area contributed by atoms with Crippen LogP contribution in [0.25, 0.3) is 0 Å². The number of aromatic nitrogens is 1. The van der Waals surface area contributed by atoms with Crippen LogP contribution in [-0.2, 0) is 0 Å². The second kappa shape index (κ2) is 5.14. The Balaban J connectivity index is 1.95. The molecule has 0 spiro atoms. The summed E-state index contributed by atoms with van der Waals surface area (Å²) in [6.45, 7) is 0. The van der Waals surface area contributed by atoms with Crippen LogP contribution in [0, 0.1) is 0 Å². The number of aromatic amines is 1. The molecule has 17 heavy (non-hydrogen) atoms. The van der Waals surface area contributed by atoms with Gasteiger partial charge in [-0.05, 0) is 31.7 Å². The molecule has 1 fully saturated rings. The summed E-state index contributed by atoms with van der Waals surface area (Å²) >= 11 is 0. The van der Waals surface area contributed by atoms with Gasteiger partial charge < -0.3 is 15.4 Å². The Morgan fingerprint density at radius 1 is 1.35 bits per heavy atom. The number of carbonyl (C=O) groups excluding carboxylic acids is 1. The van der Waals surface area contributed by atoms with Crippen LogP contribution in [0.1, 0.15) is 36.0 Å². The molecule has 5 heteroatoms. The molecule has 1 heterocycles. The number of aliphatic hydroxyl groups is 1. The Bertz CT molecular complexity index is 447. The lowest BCUT2D eigenvalue weighted by molar-refractivity contribution is 0.0867. The van der Waals surface area contributed by atoms with Crippen LogP contribution >= 0.6 is 0 Å². The van der Waals surface area contributed by atoms with Crippen molar-refractivity contribution >= 4 is 5.91 Å². The monoisotopic (exact) mass is 236 g/mol. The summed E-state index contributed by atoms with van der Waals surface area (Å²) in [5.74, 6) is -0.225.